The molecule has 7 heteroatoms. The fourth-order valence-corrected chi connectivity index (χ4v) is 2.91. The lowest BCUT2D eigenvalue weighted by atomic mass is 10.0. The number of halogens is 1. The summed E-state index contributed by atoms with van der Waals surface area (Å²) >= 11 is 0. The van der Waals surface area contributed by atoms with Crippen molar-refractivity contribution in [3.8, 4) is 0 Å². The minimum absolute atomic E-state index is 0.0542. The normalized spacial score (nSPS) is 17.4. The highest BCUT2D eigenvalue weighted by atomic mass is 19.1. The van der Waals surface area contributed by atoms with Gasteiger partial charge >= 0.3 is 0 Å². The summed E-state index contributed by atoms with van der Waals surface area (Å²) in [6.45, 7) is 2.09. The minimum atomic E-state index is -0.790. The largest absolute Gasteiger partial charge is 0.364 e. The van der Waals surface area contributed by atoms with Crippen LogP contribution in [-0.2, 0) is 4.79 Å². The number of aromatic amines is 1. The average molecular weight is 343 g/mol. The van der Waals surface area contributed by atoms with Gasteiger partial charge in [-0.25, -0.2) is 4.39 Å². The van der Waals surface area contributed by atoms with Crippen LogP contribution in [0.25, 0.3) is 0 Å². The molecule has 25 heavy (non-hydrogen) atoms. The van der Waals surface area contributed by atoms with Crippen molar-refractivity contribution in [2.24, 2.45) is 0 Å². The molecule has 0 saturated carbocycles. The second kappa shape index (κ2) is 6.88. The highest BCUT2D eigenvalue weighted by Crippen LogP contribution is 2.24. The van der Waals surface area contributed by atoms with Crippen molar-refractivity contribution in [1.82, 2.24) is 10.3 Å². The molecule has 1 aromatic carbocycles. The van der Waals surface area contributed by atoms with Crippen LogP contribution in [0.15, 0.2) is 41.3 Å². The van der Waals surface area contributed by atoms with E-state index in [-0.39, 0.29) is 17.2 Å². The highest BCUT2D eigenvalue weighted by molar-refractivity contribution is 6.02. The number of aryl methyl sites for hydroxylation is 1. The molecule has 1 fully saturated rings. The average Bonchev–Trinajstić information content (AvgIpc) is 2.57. The molecule has 6 nitrogen and oxygen atoms in total. The zero-order valence-corrected chi connectivity index (χ0v) is 13.7. The topological polar surface area (TPSA) is 82.3 Å². The van der Waals surface area contributed by atoms with Gasteiger partial charge in [0.25, 0.3) is 5.91 Å². The van der Waals surface area contributed by atoms with E-state index in [4.69, 9.17) is 0 Å². The van der Waals surface area contributed by atoms with E-state index < -0.39 is 23.2 Å². The number of pyridine rings is 1. The quantitative estimate of drug-likeness (QED) is 0.891. The summed E-state index contributed by atoms with van der Waals surface area (Å²) in [6, 6.07) is 6.55. The lowest BCUT2D eigenvalue weighted by molar-refractivity contribution is -0.121. The fourth-order valence-electron chi connectivity index (χ4n) is 2.91. The summed E-state index contributed by atoms with van der Waals surface area (Å²) in [5, 5.41) is 2.59. The number of hydrogen-bond donors (Lipinski definition) is 2. The Hall–Kier alpha value is -2.96. The fraction of sp³-hybridized carbons (Fsp3) is 0.278. The maximum atomic E-state index is 14.0. The van der Waals surface area contributed by atoms with Crippen LogP contribution in [-0.4, -0.2) is 29.4 Å². The number of carbonyl (C=O) groups excluding carboxylic acids is 2. The van der Waals surface area contributed by atoms with Gasteiger partial charge in [-0.15, -0.1) is 0 Å². The number of aromatic nitrogens is 1. The van der Waals surface area contributed by atoms with Gasteiger partial charge in [-0.3, -0.25) is 14.4 Å². The van der Waals surface area contributed by atoms with Crippen LogP contribution in [0.4, 0.5) is 10.1 Å². The van der Waals surface area contributed by atoms with Crippen LogP contribution in [0.5, 0.6) is 0 Å². The Labute approximate surface area is 143 Å². The first-order chi connectivity index (χ1) is 12.0. The Bertz CT molecular complexity index is 878. The predicted molar refractivity (Wildman–Crippen MR) is 91.0 cm³/mol. The van der Waals surface area contributed by atoms with Crippen molar-refractivity contribution in [2.75, 3.05) is 11.4 Å². The number of H-pyrrole nitrogens is 1. The van der Waals surface area contributed by atoms with Gasteiger partial charge in [-0.05, 0) is 31.9 Å². The van der Waals surface area contributed by atoms with E-state index in [0.29, 0.717) is 25.1 Å². The van der Waals surface area contributed by atoms with Crippen LogP contribution in [0.3, 0.4) is 0 Å². The lowest BCUT2D eigenvalue weighted by Gasteiger charge is -2.32. The van der Waals surface area contributed by atoms with Gasteiger partial charge in [0.15, 0.2) is 5.43 Å². The summed E-state index contributed by atoms with van der Waals surface area (Å²) in [6.07, 6.45) is 2.39. The number of rotatable bonds is 3. The molecule has 1 saturated heterocycles. The van der Waals surface area contributed by atoms with Gasteiger partial charge in [0.1, 0.15) is 17.4 Å². The van der Waals surface area contributed by atoms with Crippen molar-refractivity contribution in [1.29, 1.82) is 0 Å². The second-order valence-electron chi connectivity index (χ2n) is 6.00. The zero-order valence-electron chi connectivity index (χ0n) is 13.7. The standard InChI is InChI=1S/C18H18FN3O3/c1-11-9-16(23)12(10-20-11)17(24)21-14-6-4-8-22(18(14)25)15-7-3-2-5-13(15)19/h2-3,5,7,9-10,14H,4,6,8H2,1H3,(H,20,23)(H,21,24). The minimum Gasteiger partial charge on any atom is -0.364 e. The maximum Gasteiger partial charge on any atom is 0.257 e. The molecule has 0 bridgehead atoms. The molecule has 130 valence electrons. The Morgan fingerprint density at radius 2 is 2.08 bits per heavy atom. The van der Waals surface area contributed by atoms with Crippen molar-refractivity contribution < 1.29 is 14.0 Å². The molecule has 1 aromatic heterocycles. The van der Waals surface area contributed by atoms with Crippen molar-refractivity contribution in [2.45, 2.75) is 25.8 Å². The molecule has 2 heterocycles. The molecule has 3 rings (SSSR count). The Morgan fingerprint density at radius 3 is 2.80 bits per heavy atom. The van der Waals surface area contributed by atoms with Crippen LogP contribution in [0, 0.1) is 12.7 Å². The number of nitrogens with zero attached hydrogens (tertiary/aromatic N) is 1. The lowest BCUT2D eigenvalue weighted by Crippen LogP contribution is -2.53. The first kappa shape index (κ1) is 16.9. The summed E-state index contributed by atoms with van der Waals surface area (Å²) in [5.41, 5.74) is 0.366. The molecular formula is C18H18FN3O3. The molecule has 1 aliphatic heterocycles. The van der Waals surface area contributed by atoms with E-state index >= 15 is 0 Å². The van der Waals surface area contributed by atoms with Crippen LogP contribution < -0.4 is 15.6 Å². The number of amides is 2. The van der Waals surface area contributed by atoms with Crippen molar-refractivity contribution in [3.63, 3.8) is 0 Å². The third-order valence-corrected chi connectivity index (χ3v) is 4.19. The van der Waals surface area contributed by atoms with Gasteiger partial charge in [0.2, 0.25) is 5.91 Å². The van der Waals surface area contributed by atoms with E-state index in [1.165, 1.54) is 29.3 Å². The highest BCUT2D eigenvalue weighted by Gasteiger charge is 2.32. The van der Waals surface area contributed by atoms with E-state index in [1.807, 2.05) is 0 Å². The van der Waals surface area contributed by atoms with Crippen LogP contribution in [0.2, 0.25) is 0 Å². The number of piperidine rings is 1. The maximum absolute atomic E-state index is 14.0. The van der Waals surface area contributed by atoms with Gasteiger partial charge in [-0.1, -0.05) is 12.1 Å². The van der Waals surface area contributed by atoms with Gasteiger partial charge in [0.05, 0.1) is 5.69 Å². The monoisotopic (exact) mass is 343 g/mol. The Balaban J connectivity index is 1.79. The molecular weight excluding hydrogens is 325 g/mol. The van der Waals surface area contributed by atoms with Crippen LogP contribution in [0.1, 0.15) is 28.9 Å². The first-order valence-corrected chi connectivity index (χ1v) is 8.03. The SMILES string of the molecule is Cc1cc(=O)c(C(=O)NC2CCCN(c3ccccc3F)C2=O)c[nH]1. The number of nitrogens with one attached hydrogen (secondary N) is 2. The summed E-state index contributed by atoms with van der Waals surface area (Å²) < 4.78 is 14.0. The number of benzene rings is 1. The third kappa shape index (κ3) is 3.45. The number of carbonyl (C=O) groups is 2. The third-order valence-electron chi connectivity index (χ3n) is 4.19. The molecule has 2 amide bonds. The van der Waals surface area contributed by atoms with E-state index in [9.17, 15) is 18.8 Å². The Kier molecular flexibility index (Phi) is 4.65. The molecule has 0 aliphatic carbocycles. The van der Waals surface area contributed by atoms with Gasteiger partial charge in [0, 0.05) is 24.5 Å². The molecule has 1 unspecified atom stereocenters. The molecule has 0 spiro atoms. The Morgan fingerprint density at radius 1 is 1.32 bits per heavy atom. The molecule has 2 N–H and O–H groups in total. The first-order valence-electron chi connectivity index (χ1n) is 8.03. The predicted octanol–water partition coefficient (Wildman–Crippen LogP) is 1.75. The molecule has 0 radical (unpaired) electrons. The van der Waals surface area contributed by atoms with Gasteiger partial charge in [-0.2, -0.15) is 0 Å². The van der Waals surface area contributed by atoms with E-state index in [1.54, 1.807) is 19.1 Å². The van der Waals surface area contributed by atoms with Crippen molar-refractivity contribution in [3.05, 3.63) is 63.8 Å². The zero-order chi connectivity index (χ0) is 18.0. The summed E-state index contributed by atoms with van der Waals surface area (Å²) in [4.78, 5) is 41.0. The second-order valence-corrected chi connectivity index (χ2v) is 6.00. The summed E-state index contributed by atoms with van der Waals surface area (Å²) in [7, 11) is 0. The molecule has 2 aromatic rings. The molecule has 1 aliphatic rings. The van der Waals surface area contributed by atoms with Gasteiger partial charge < -0.3 is 15.2 Å². The smallest absolute Gasteiger partial charge is 0.257 e. The molecule has 1 atom stereocenters. The van der Waals surface area contributed by atoms with Crippen LogP contribution >= 0.6 is 0 Å². The number of anilines is 1. The summed E-state index contributed by atoms with van der Waals surface area (Å²) in [5.74, 6) is -1.49. The van der Waals surface area contributed by atoms with E-state index in [0.717, 1.165) is 0 Å². The number of para-hydroxylation sites is 1. The van der Waals surface area contributed by atoms with E-state index in [2.05, 4.69) is 10.3 Å². The number of hydrogen-bond acceptors (Lipinski definition) is 3. The van der Waals surface area contributed by atoms with Crippen molar-refractivity contribution >= 4 is 17.5 Å².